The molecule has 1 rings (SSSR count). The molecular formula is C6H7O4-. The molecule has 4 nitrogen and oxygen atoms in total. The van der Waals surface area contributed by atoms with Gasteiger partial charge in [0.2, 0.25) is 0 Å². The van der Waals surface area contributed by atoms with Gasteiger partial charge < -0.3 is 14.6 Å². The zero-order chi connectivity index (χ0) is 7.56. The largest absolute Gasteiger partial charge is 0.550 e. The number of rotatable bonds is 2. The number of carboxylic acid groups (broad SMARTS) is 1. The Labute approximate surface area is 57.8 Å². The molecule has 0 saturated carbocycles. The van der Waals surface area contributed by atoms with Crippen LogP contribution in [0.25, 0.3) is 0 Å². The highest BCUT2D eigenvalue weighted by atomic mass is 16.5. The number of cyclic esters (lactones) is 1. The number of esters is 1. The topological polar surface area (TPSA) is 66.4 Å². The lowest BCUT2D eigenvalue weighted by Gasteiger charge is -2.04. The van der Waals surface area contributed by atoms with E-state index in [1.54, 1.807) is 0 Å². The van der Waals surface area contributed by atoms with Crippen LogP contribution in [0.3, 0.4) is 0 Å². The van der Waals surface area contributed by atoms with E-state index in [1.807, 2.05) is 0 Å². The van der Waals surface area contributed by atoms with Gasteiger partial charge in [-0.05, 0) is 6.42 Å². The number of carbonyl (C=O) groups is 2. The van der Waals surface area contributed by atoms with Crippen molar-refractivity contribution in [3.05, 3.63) is 0 Å². The maximum absolute atomic E-state index is 10.4. The highest BCUT2D eigenvalue weighted by Crippen LogP contribution is 2.16. The van der Waals surface area contributed by atoms with Crippen LogP contribution in [-0.4, -0.2) is 18.5 Å². The van der Waals surface area contributed by atoms with E-state index in [1.165, 1.54) is 0 Å². The third-order valence-electron chi connectivity index (χ3n) is 1.39. The zero-order valence-electron chi connectivity index (χ0n) is 5.33. The van der Waals surface area contributed by atoms with Gasteiger partial charge in [-0.2, -0.15) is 0 Å². The van der Waals surface area contributed by atoms with Crippen LogP contribution in [0.5, 0.6) is 0 Å². The van der Waals surface area contributed by atoms with Crippen molar-refractivity contribution in [1.29, 1.82) is 0 Å². The summed E-state index contributed by atoms with van der Waals surface area (Å²) in [4.78, 5) is 20.4. The molecule has 0 amide bonds. The average molecular weight is 143 g/mol. The molecule has 0 aromatic rings. The van der Waals surface area contributed by atoms with Crippen molar-refractivity contribution in [2.75, 3.05) is 6.61 Å². The first kappa shape index (κ1) is 7.05. The molecule has 56 valence electrons. The number of hydrogen-bond donors (Lipinski definition) is 0. The molecule has 0 aromatic heterocycles. The van der Waals surface area contributed by atoms with Crippen LogP contribution in [0.1, 0.15) is 12.8 Å². The van der Waals surface area contributed by atoms with Crippen molar-refractivity contribution >= 4 is 11.9 Å². The van der Waals surface area contributed by atoms with Crippen molar-refractivity contribution in [3.63, 3.8) is 0 Å². The quantitative estimate of drug-likeness (QED) is 0.450. The summed E-state index contributed by atoms with van der Waals surface area (Å²) < 4.78 is 4.54. The highest BCUT2D eigenvalue weighted by Gasteiger charge is 2.23. The molecule has 0 radical (unpaired) electrons. The first-order chi connectivity index (χ1) is 4.68. The Kier molecular flexibility index (Phi) is 1.89. The van der Waals surface area contributed by atoms with E-state index in [2.05, 4.69) is 4.74 Å². The summed E-state index contributed by atoms with van der Waals surface area (Å²) in [7, 11) is 0. The average Bonchev–Trinajstić information content (AvgIpc) is 2.13. The molecule has 1 saturated heterocycles. The van der Waals surface area contributed by atoms with Gasteiger partial charge in [0.15, 0.2) is 0 Å². The summed E-state index contributed by atoms with van der Waals surface area (Å²) in [6.45, 7) is 0.229. The third kappa shape index (κ3) is 1.72. The maximum Gasteiger partial charge on any atom is 0.306 e. The van der Waals surface area contributed by atoms with Crippen LogP contribution in [0.15, 0.2) is 0 Å². The first-order valence-electron chi connectivity index (χ1n) is 3.04. The minimum atomic E-state index is -1.12. The SMILES string of the molecule is O=C([O-])CC1COC(=O)C1. The van der Waals surface area contributed by atoms with Crippen molar-refractivity contribution < 1.29 is 19.4 Å². The second kappa shape index (κ2) is 2.68. The molecule has 1 fully saturated rings. The fraction of sp³-hybridized carbons (Fsp3) is 0.667. The van der Waals surface area contributed by atoms with Crippen LogP contribution in [-0.2, 0) is 14.3 Å². The van der Waals surface area contributed by atoms with Crippen LogP contribution in [0, 0.1) is 5.92 Å². The molecule has 1 aliphatic heterocycles. The van der Waals surface area contributed by atoms with Gasteiger partial charge in [0.1, 0.15) is 0 Å². The predicted octanol–water partition coefficient (Wildman–Crippen LogP) is -1.31. The lowest BCUT2D eigenvalue weighted by Crippen LogP contribution is -2.25. The number of carbonyl (C=O) groups excluding carboxylic acids is 2. The number of ether oxygens (including phenoxy) is 1. The minimum absolute atomic E-state index is 0.0776. The van der Waals surface area contributed by atoms with E-state index in [0.717, 1.165) is 0 Å². The summed E-state index contributed by atoms with van der Waals surface area (Å²) >= 11 is 0. The van der Waals surface area contributed by atoms with Gasteiger partial charge in [-0.3, -0.25) is 4.79 Å². The van der Waals surface area contributed by atoms with Crippen molar-refractivity contribution in [2.45, 2.75) is 12.8 Å². The molecule has 10 heavy (non-hydrogen) atoms. The molecule has 1 heterocycles. The summed E-state index contributed by atoms with van der Waals surface area (Å²) in [5.74, 6) is -1.60. The van der Waals surface area contributed by atoms with E-state index < -0.39 is 5.97 Å². The van der Waals surface area contributed by atoms with E-state index in [-0.39, 0.29) is 31.3 Å². The van der Waals surface area contributed by atoms with E-state index in [0.29, 0.717) is 0 Å². The molecule has 0 aliphatic carbocycles. The van der Waals surface area contributed by atoms with Crippen molar-refractivity contribution in [2.24, 2.45) is 5.92 Å². The van der Waals surface area contributed by atoms with Gasteiger partial charge in [0, 0.05) is 11.9 Å². The van der Waals surface area contributed by atoms with Gasteiger partial charge in [0.25, 0.3) is 0 Å². The number of carboxylic acids is 1. The van der Waals surface area contributed by atoms with Crippen LogP contribution < -0.4 is 5.11 Å². The minimum Gasteiger partial charge on any atom is -0.550 e. The Hall–Kier alpha value is -1.06. The Bertz CT molecular complexity index is 163. The van der Waals surface area contributed by atoms with Crippen molar-refractivity contribution in [3.8, 4) is 0 Å². The summed E-state index contributed by atoms with van der Waals surface area (Å²) in [6, 6.07) is 0. The molecule has 4 heteroatoms. The smallest absolute Gasteiger partial charge is 0.306 e. The fourth-order valence-electron chi connectivity index (χ4n) is 0.931. The molecule has 0 spiro atoms. The van der Waals surface area contributed by atoms with E-state index >= 15 is 0 Å². The normalized spacial score (nSPS) is 24.4. The number of hydrogen-bond acceptors (Lipinski definition) is 4. The standard InChI is InChI=1S/C6H8O4/c7-5(8)1-4-2-6(9)10-3-4/h4H,1-3H2,(H,7,8)/p-1. The molecular weight excluding hydrogens is 136 g/mol. The van der Waals surface area contributed by atoms with E-state index in [9.17, 15) is 14.7 Å². The summed E-state index contributed by atoms with van der Waals surface area (Å²) in [6.07, 6.45) is 0.139. The van der Waals surface area contributed by atoms with Gasteiger partial charge in [-0.15, -0.1) is 0 Å². The van der Waals surface area contributed by atoms with Crippen LogP contribution >= 0.6 is 0 Å². The molecule has 0 N–H and O–H groups in total. The van der Waals surface area contributed by atoms with Crippen LogP contribution in [0.2, 0.25) is 0 Å². The van der Waals surface area contributed by atoms with Crippen molar-refractivity contribution in [1.82, 2.24) is 0 Å². The molecule has 0 bridgehead atoms. The Morgan fingerprint density at radius 2 is 2.50 bits per heavy atom. The second-order valence-electron chi connectivity index (χ2n) is 2.33. The molecule has 1 unspecified atom stereocenters. The third-order valence-corrected chi connectivity index (χ3v) is 1.39. The number of aliphatic carboxylic acids is 1. The lowest BCUT2D eigenvalue weighted by molar-refractivity contribution is -0.306. The summed E-state index contributed by atoms with van der Waals surface area (Å²) in [5.41, 5.74) is 0. The lowest BCUT2D eigenvalue weighted by atomic mass is 10.1. The maximum atomic E-state index is 10.4. The second-order valence-corrected chi connectivity index (χ2v) is 2.33. The Morgan fingerprint density at radius 3 is 2.90 bits per heavy atom. The first-order valence-corrected chi connectivity index (χ1v) is 3.04. The Morgan fingerprint density at radius 1 is 1.80 bits per heavy atom. The zero-order valence-corrected chi connectivity index (χ0v) is 5.33. The van der Waals surface area contributed by atoms with Gasteiger partial charge in [-0.25, -0.2) is 0 Å². The van der Waals surface area contributed by atoms with E-state index in [4.69, 9.17) is 0 Å². The molecule has 0 aromatic carbocycles. The monoisotopic (exact) mass is 143 g/mol. The predicted molar refractivity (Wildman–Crippen MR) is 28.7 cm³/mol. The van der Waals surface area contributed by atoms with Gasteiger partial charge >= 0.3 is 5.97 Å². The Balaban J connectivity index is 2.31. The molecule has 1 atom stereocenters. The van der Waals surface area contributed by atoms with Gasteiger partial charge in [-0.1, -0.05) is 0 Å². The van der Waals surface area contributed by atoms with Gasteiger partial charge in [0.05, 0.1) is 13.0 Å². The van der Waals surface area contributed by atoms with Crippen LogP contribution in [0.4, 0.5) is 0 Å². The fourth-order valence-corrected chi connectivity index (χ4v) is 0.931. The summed E-state index contributed by atoms with van der Waals surface area (Å²) in [5, 5.41) is 9.98. The molecule has 1 aliphatic rings. The highest BCUT2D eigenvalue weighted by molar-refractivity contribution is 5.73.